The number of rotatable bonds is 0. The molecular formula is C40H41N3. The van der Waals surface area contributed by atoms with Crippen molar-refractivity contribution in [2.75, 3.05) is 0 Å². The molecule has 0 saturated carbocycles. The van der Waals surface area contributed by atoms with Crippen molar-refractivity contribution in [2.24, 2.45) is 0 Å². The molecule has 0 atom stereocenters. The Morgan fingerprint density at radius 2 is 0.721 bits per heavy atom. The first kappa shape index (κ1) is 26.4. The predicted octanol–water partition coefficient (Wildman–Crippen LogP) is 10.2. The molecule has 3 heteroatoms. The Labute approximate surface area is 254 Å². The Bertz CT molecular complexity index is 2040. The molecule has 0 saturated heterocycles. The second-order valence-corrected chi connectivity index (χ2v) is 15.0. The summed E-state index contributed by atoms with van der Waals surface area (Å²) in [5, 5.41) is 8.01. The zero-order chi connectivity index (χ0) is 30.1. The summed E-state index contributed by atoms with van der Waals surface area (Å²) in [6.07, 6.45) is 0. The number of aromatic amines is 3. The summed E-state index contributed by atoms with van der Waals surface area (Å²) >= 11 is 0. The van der Waals surface area contributed by atoms with E-state index in [0.29, 0.717) is 0 Å². The van der Waals surface area contributed by atoms with E-state index in [2.05, 4.69) is 155 Å². The van der Waals surface area contributed by atoms with Crippen LogP contribution in [0.5, 0.6) is 0 Å². The molecule has 1 aliphatic rings. The molecule has 0 unspecified atom stereocenters. The predicted molar refractivity (Wildman–Crippen MR) is 181 cm³/mol. The molecule has 0 radical (unpaired) electrons. The average molecular weight is 564 g/mol. The molecular weight excluding hydrogens is 522 g/mol. The molecule has 4 aromatic carbocycles. The fourth-order valence-electron chi connectivity index (χ4n) is 7.82. The minimum Gasteiger partial charge on any atom is -0.361 e. The van der Waals surface area contributed by atoms with Gasteiger partial charge in [0, 0.05) is 55.8 Å². The standard InChI is InChI=1S/C40H41N3/c1-37(2)27-22-28(26-15-13-24-11-9-10-23-12-14-25(27)36(26)35(23)24)38(3,4)30-17-19-32(42-30)40(7,8)34-21-20-33(43-34)39(5,6)31-18-16-29(37)41-31/h9-22,41-43H,1-8H3. The fraction of sp³-hybridized carbons (Fsp3) is 0.300. The monoisotopic (exact) mass is 563 g/mol. The van der Waals surface area contributed by atoms with E-state index >= 15 is 0 Å². The van der Waals surface area contributed by atoms with E-state index in [1.807, 2.05) is 0 Å². The van der Waals surface area contributed by atoms with Crippen molar-refractivity contribution in [3.05, 3.63) is 130 Å². The van der Waals surface area contributed by atoms with E-state index in [-0.39, 0.29) is 21.7 Å². The minimum absolute atomic E-state index is 0.212. The number of hydrogen-bond acceptors (Lipinski definition) is 0. The van der Waals surface area contributed by atoms with Crippen LogP contribution in [0.1, 0.15) is 101 Å². The first-order chi connectivity index (χ1) is 20.3. The SMILES string of the molecule is CC1(C)c2ccc([nH]2)C(C)(C)c2ccc([nH]2)C(C)(C)c2cc(c3ccc4cccc5ccc2c3c45)C(C)(C)c2ccc1[nH]2. The van der Waals surface area contributed by atoms with E-state index in [1.165, 1.54) is 77.6 Å². The van der Waals surface area contributed by atoms with Crippen molar-refractivity contribution in [2.45, 2.75) is 77.0 Å². The smallest absolute Gasteiger partial charge is 0.0447 e. The summed E-state index contributed by atoms with van der Waals surface area (Å²) < 4.78 is 0. The van der Waals surface area contributed by atoms with Gasteiger partial charge in [-0.15, -0.1) is 0 Å². The molecule has 8 bridgehead atoms. The van der Waals surface area contributed by atoms with E-state index in [9.17, 15) is 0 Å². The van der Waals surface area contributed by atoms with Crippen LogP contribution in [0.4, 0.5) is 0 Å². The molecule has 0 amide bonds. The molecule has 3 N–H and O–H groups in total. The first-order valence-electron chi connectivity index (χ1n) is 15.6. The van der Waals surface area contributed by atoms with Crippen molar-refractivity contribution in [1.82, 2.24) is 15.0 Å². The second-order valence-electron chi connectivity index (χ2n) is 15.0. The van der Waals surface area contributed by atoms with Crippen LogP contribution in [0.3, 0.4) is 0 Å². The van der Waals surface area contributed by atoms with Crippen LogP contribution in [-0.2, 0) is 21.7 Å². The number of nitrogens with one attached hydrogen (secondary N) is 3. The van der Waals surface area contributed by atoms with Gasteiger partial charge in [-0.05, 0) is 108 Å². The van der Waals surface area contributed by atoms with Crippen LogP contribution in [0.2, 0.25) is 0 Å². The van der Waals surface area contributed by atoms with E-state index in [0.717, 1.165) is 0 Å². The summed E-state index contributed by atoms with van der Waals surface area (Å²) in [5.41, 5.74) is 9.09. The summed E-state index contributed by atoms with van der Waals surface area (Å²) in [6.45, 7) is 18.8. The van der Waals surface area contributed by atoms with Gasteiger partial charge in [-0.2, -0.15) is 0 Å². The van der Waals surface area contributed by atoms with Crippen LogP contribution < -0.4 is 0 Å². The van der Waals surface area contributed by atoms with Crippen molar-refractivity contribution >= 4 is 32.3 Å². The van der Waals surface area contributed by atoms with E-state index in [4.69, 9.17) is 0 Å². The van der Waals surface area contributed by atoms with Gasteiger partial charge < -0.3 is 15.0 Å². The summed E-state index contributed by atoms with van der Waals surface area (Å²) in [6, 6.07) is 32.3. The lowest BCUT2D eigenvalue weighted by Gasteiger charge is -2.33. The average Bonchev–Trinajstić information content (AvgIpc) is 3.77. The molecule has 0 spiro atoms. The zero-order valence-corrected chi connectivity index (χ0v) is 26.6. The lowest BCUT2D eigenvalue weighted by molar-refractivity contribution is 0.556. The molecule has 1 aliphatic heterocycles. The second kappa shape index (κ2) is 8.23. The topological polar surface area (TPSA) is 47.4 Å². The van der Waals surface area contributed by atoms with Crippen LogP contribution >= 0.6 is 0 Å². The van der Waals surface area contributed by atoms with Crippen LogP contribution in [0, 0.1) is 0 Å². The summed E-state index contributed by atoms with van der Waals surface area (Å²) in [4.78, 5) is 11.7. The fourth-order valence-corrected chi connectivity index (χ4v) is 7.82. The summed E-state index contributed by atoms with van der Waals surface area (Å²) in [5.74, 6) is 0. The zero-order valence-electron chi connectivity index (χ0n) is 26.6. The van der Waals surface area contributed by atoms with Gasteiger partial charge in [0.05, 0.1) is 0 Å². The van der Waals surface area contributed by atoms with Gasteiger partial charge >= 0.3 is 0 Å². The van der Waals surface area contributed by atoms with E-state index in [1.54, 1.807) is 0 Å². The Morgan fingerprint density at radius 3 is 1.09 bits per heavy atom. The largest absolute Gasteiger partial charge is 0.361 e. The highest BCUT2D eigenvalue weighted by molar-refractivity contribution is 6.24. The van der Waals surface area contributed by atoms with Gasteiger partial charge in [0.2, 0.25) is 0 Å². The molecule has 3 nitrogen and oxygen atoms in total. The van der Waals surface area contributed by atoms with Crippen LogP contribution in [-0.4, -0.2) is 15.0 Å². The normalized spacial score (nSPS) is 18.5. The van der Waals surface area contributed by atoms with Crippen molar-refractivity contribution < 1.29 is 0 Å². The third kappa shape index (κ3) is 3.42. The van der Waals surface area contributed by atoms with Crippen LogP contribution in [0.15, 0.2) is 84.9 Å². The van der Waals surface area contributed by atoms with Crippen molar-refractivity contribution in [1.29, 1.82) is 0 Å². The number of benzene rings is 4. The Morgan fingerprint density at radius 1 is 0.372 bits per heavy atom. The lowest BCUT2D eigenvalue weighted by atomic mass is 9.72. The van der Waals surface area contributed by atoms with Gasteiger partial charge in [0.15, 0.2) is 0 Å². The Hall–Kier alpha value is -4.24. The van der Waals surface area contributed by atoms with Gasteiger partial charge in [-0.3, -0.25) is 0 Å². The molecule has 216 valence electrons. The highest BCUT2D eigenvalue weighted by Gasteiger charge is 2.37. The number of H-pyrrole nitrogens is 3. The van der Waals surface area contributed by atoms with Gasteiger partial charge in [0.25, 0.3) is 0 Å². The van der Waals surface area contributed by atoms with Crippen molar-refractivity contribution in [3.8, 4) is 0 Å². The Balaban J connectivity index is 1.52. The van der Waals surface area contributed by atoms with E-state index < -0.39 is 0 Å². The van der Waals surface area contributed by atoms with Gasteiger partial charge in [0.1, 0.15) is 0 Å². The summed E-state index contributed by atoms with van der Waals surface area (Å²) in [7, 11) is 0. The maximum atomic E-state index is 3.93. The minimum atomic E-state index is -0.262. The molecule has 3 aromatic heterocycles. The number of fused-ring (bicyclic) bond motifs is 10. The highest BCUT2D eigenvalue weighted by Crippen LogP contribution is 2.48. The molecule has 0 aliphatic carbocycles. The number of hydrogen-bond donors (Lipinski definition) is 3. The molecule has 4 heterocycles. The maximum absolute atomic E-state index is 3.93. The highest BCUT2D eigenvalue weighted by atomic mass is 14.8. The number of aromatic nitrogens is 3. The quantitative estimate of drug-likeness (QED) is 0.154. The van der Waals surface area contributed by atoms with Gasteiger partial charge in [-0.25, -0.2) is 0 Å². The first-order valence-corrected chi connectivity index (χ1v) is 15.6. The molecule has 8 rings (SSSR count). The Kier molecular flexibility index (Phi) is 5.05. The molecule has 0 fully saturated rings. The molecule has 43 heavy (non-hydrogen) atoms. The molecule has 7 aromatic rings. The third-order valence-electron chi connectivity index (χ3n) is 11.1. The lowest BCUT2D eigenvalue weighted by Crippen LogP contribution is -2.27. The van der Waals surface area contributed by atoms with Crippen molar-refractivity contribution in [3.63, 3.8) is 0 Å². The van der Waals surface area contributed by atoms with Gasteiger partial charge in [-0.1, -0.05) is 76.2 Å². The van der Waals surface area contributed by atoms with Crippen LogP contribution in [0.25, 0.3) is 32.3 Å². The maximum Gasteiger partial charge on any atom is 0.0447 e. The third-order valence-corrected chi connectivity index (χ3v) is 11.1.